The fourth-order valence-electron chi connectivity index (χ4n) is 6.53. The minimum absolute atomic E-state index is 0.216. The van der Waals surface area contributed by atoms with E-state index >= 15 is 0 Å². The number of rotatable bonds is 16. The second-order valence-electron chi connectivity index (χ2n) is 13.6. The largest absolute Gasteiger partial charge is 0.497 e. The highest BCUT2D eigenvalue weighted by atomic mass is 16.5. The summed E-state index contributed by atoms with van der Waals surface area (Å²) in [5.74, 6) is 2.63. The van der Waals surface area contributed by atoms with Crippen LogP contribution in [-0.2, 0) is 11.2 Å². The van der Waals surface area contributed by atoms with Crippen molar-refractivity contribution in [2.75, 3.05) is 69.6 Å². The number of hydrogen-bond donors (Lipinski definition) is 4. The van der Waals surface area contributed by atoms with E-state index in [2.05, 4.69) is 43.1 Å². The molecule has 4 aromatic carbocycles. The summed E-state index contributed by atoms with van der Waals surface area (Å²) >= 11 is 0. The number of ether oxygens (including phenoxy) is 4. The van der Waals surface area contributed by atoms with E-state index in [4.69, 9.17) is 24.0 Å². The fourth-order valence-corrected chi connectivity index (χ4v) is 6.53. The maximum atomic E-state index is 13.5. The van der Waals surface area contributed by atoms with Crippen LogP contribution in [0, 0.1) is 0 Å². The van der Waals surface area contributed by atoms with Crippen LogP contribution in [0.25, 0.3) is 16.5 Å². The molecule has 0 radical (unpaired) electrons. The minimum atomic E-state index is -0.423. The van der Waals surface area contributed by atoms with Crippen molar-refractivity contribution in [2.24, 2.45) is 0 Å². The molecule has 3 amide bonds. The van der Waals surface area contributed by atoms with Crippen molar-refractivity contribution in [2.45, 2.75) is 26.2 Å². The van der Waals surface area contributed by atoms with Crippen molar-refractivity contribution in [1.82, 2.24) is 30.0 Å². The van der Waals surface area contributed by atoms with Crippen molar-refractivity contribution in [1.29, 1.82) is 0 Å². The van der Waals surface area contributed by atoms with Crippen molar-refractivity contribution in [3.05, 3.63) is 108 Å². The van der Waals surface area contributed by atoms with Gasteiger partial charge in [-0.3, -0.25) is 15.0 Å². The lowest BCUT2D eigenvalue weighted by Crippen LogP contribution is -2.41. The SMILES string of the molecule is CCCCc1cc(NC(=O)Nc2ccc(Oc3ccnc(Nc4cc(OC)cc(C(=O)NCCN5CCOCC5)c4)n3)c3ccccc23)n(-c2ccc(OC)cc2)n1. The first kappa shape index (κ1) is 39.5. The number of fused-ring (bicyclic) bond motifs is 1. The molecule has 2 aromatic heterocycles. The van der Waals surface area contributed by atoms with Crippen molar-refractivity contribution < 1.29 is 28.5 Å². The van der Waals surface area contributed by atoms with Gasteiger partial charge in [0.1, 0.15) is 23.1 Å². The van der Waals surface area contributed by atoms with Gasteiger partial charge in [-0.05, 0) is 61.4 Å². The molecule has 7 rings (SSSR count). The predicted molar refractivity (Wildman–Crippen MR) is 223 cm³/mol. The van der Waals surface area contributed by atoms with Crippen LogP contribution >= 0.6 is 0 Å². The highest BCUT2D eigenvalue weighted by Crippen LogP contribution is 2.35. The number of nitrogens with one attached hydrogen (secondary N) is 4. The van der Waals surface area contributed by atoms with Gasteiger partial charge in [0.2, 0.25) is 11.8 Å². The van der Waals surface area contributed by atoms with E-state index in [1.165, 1.54) is 0 Å². The molecule has 0 saturated carbocycles. The van der Waals surface area contributed by atoms with Gasteiger partial charge in [-0.2, -0.15) is 10.1 Å². The first-order valence-corrected chi connectivity index (χ1v) is 19.3. The molecule has 1 fully saturated rings. The highest BCUT2D eigenvalue weighted by molar-refractivity contribution is 6.07. The lowest BCUT2D eigenvalue weighted by molar-refractivity contribution is 0.0383. The van der Waals surface area contributed by atoms with Crippen molar-refractivity contribution >= 4 is 45.9 Å². The standard InChI is InChI=1S/C43H47N9O6/c1-4-5-8-30-28-39(52(50-30)32-11-13-33(55-2)14-12-32)48-43(54)47-37-15-16-38(36-10-7-6-9-35(36)37)58-40-17-18-45-42(49-40)46-31-25-29(26-34(27-31)56-3)41(53)44-19-20-51-21-23-57-24-22-51/h6-7,9-18,25-28H,4-5,8,19-24H2,1-3H3,(H,44,53)(H,45,46,49)(H2,47,48,54). The van der Waals surface area contributed by atoms with E-state index < -0.39 is 6.03 Å². The Morgan fingerprint density at radius 3 is 2.43 bits per heavy atom. The third kappa shape index (κ3) is 9.99. The molecular formula is C43H47N9O6. The van der Waals surface area contributed by atoms with E-state index in [0.717, 1.165) is 66.8 Å². The van der Waals surface area contributed by atoms with Crippen LogP contribution in [-0.4, -0.2) is 90.2 Å². The molecule has 0 spiro atoms. The molecule has 15 heteroatoms. The molecule has 0 bridgehead atoms. The summed E-state index contributed by atoms with van der Waals surface area (Å²) in [6.45, 7) is 6.50. The van der Waals surface area contributed by atoms with E-state index in [0.29, 0.717) is 54.0 Å². The molecule has 4 N–H and O–H groups in total. The van der Waals surface area contributed by atoms with Crippen molar-refractivity contribution in [3.63, 3.8) is 0 Å². The minimum Gasteiger partial charge on any atom is -0.497 e. The number of carbonyl (C=O) groups is 2. The molecule has 0 aliphatic carbocycles. The number of methoxy groups -OCH3 is 2. The number of aromatic nitrogens is 4. The normalized spacial score (nSPS) is 12.8. The van der Waals surface area contributed by atoms with Crippen LogP contribution < -0.4 is 35.5 Å². The molecule has 1 aliphatic heterocycles. The monoisotopic (exact) mass is 785 g/mol. The molecule has 15 nitrogen and oxygen atoms in total. The Bertz CT molecular complexity index is 2340. The third-order valence-electron chi connectivity index (χ3n) is 9.56. The summed E-state index contributed by atoms with van der Waals surface area (Å²) in [6.07, 6.45) is 4.39. The summed E-state index contributed by atoms with van der Waals surface area (Å²) in [5, 5.41) is 18.5. The number of anilines is 4. The lowest BCUT2D eigenvalue weighted by atomic mass is 10.1. The number of hydrogen-bond acceptors (Lipinski definition) is 11. The molecule has 1 aliphatic rings. The van der Waals surface area contributed by atoms with Crippen molar-refractivity contribution in [3.8, 4) is 28.8 Å². The Hall–Kier alpha value is -6.71. The van der Waals surface area contributed by atoms with E-state index in [9.17, 15) is 9.59 Å². The number of benzene rings is 4. The highest BCUT2D eigenvalue weighted by Gasteiger charge is 2.17. The van der Waals surface area contributed by atoms with Gasteiger partial charge in [0.05, 0.1) is 44.5 Å². The zero-order chi connectivity index (χ0) is 40.3. The lowest BCUT2D eigenvalue weighted by Gasteiger charge is -2.26. The number of urea groups is 1. The van der Waals surface area contributed by atoms with Gasteiger partial charge in [0.25, 0.3) is 5.91 Å². The van der Waals surface area contributed by atoms with Gasteiger partial charge in [-0.25, -0.2) is 14.5 Å². The molecule has 58 heavy (non-hydrogen) atoms. The zero-order valence-electron chi connectivity index (χ0n) is 32.8. The average Bonchev–Trinajstić information content (AvgIpc) is 3.66. The van der Waals surface area contributed by atoms with Gasteiger partial charge in [0.15, 0.2) is 0 Å². The van der Waals surface area contributed by atoms with Gasteiger partial charge >= 0.3 is 6.03 Å². The summed E-state index contributed by atoms with van der Waals surface area (Å²) in [6, 6.07) is 27.0. The van der Waals surface area contributed by atoms with E-state index in [-0.39, 0.29) is 17.7 Å². The number of unbranched alkanes of at least 4 members (excludes halogenated alkanes) is 1. The number of carbonyl (C=O) groups excluding carboxylic acids is 2. The zero-order valence-corrected chi connectivity index (χ0v) is 32.8. The molecule has 0 unspecified atom stereocenters. The Balaban J connectivity index is 1.04. The van der Waals surface area contributed by atoms with Crippen LogP contribution in [0.5, 0.6) is 23.1 Å². The van der Waals surface area contributed by atoms with E-state index in [1.807, 2.05) is 54.6 Å². The number of nitrogens with zero attached hydrogens (tertiary/aromatic N) is 5. The van der Waals surface area contributed by atoms with E-state index in [1.54, 1.807) is 61.5 Å². The average molecular weight is 786 g/mol. The fraction of sp³-hybridized carbons (Fsp3) is 0.279. The number of aryl methyl sites for hydroxylation is 1. The molecule has 1 saturated heterocycles. The first-order chi connectivity index (χ1) is 28.4. The molecule has 3 heterocycles. The predicted octanol–water partition coefficient (Wildman–Crippen LogP) is 7.42. The van der Waals surface area contributed by atoms with Crippen LogP contribution in [0.15, 0.2) is 97.2 Å². The maximum absolute atomic E-state index is 13.5. The molecular weight excluding hydrogens is 739 g/mol. The van der Waals surface area contributed by atoms with Crippen LogP contribution in [0.4, 0.5) is 27.9 Å². The Labute approximate surface area is 336 Å². The molecule has 300 valence electrons. The topological polar surface area (TPSA) is 166 Å². The van der Waals surface area contributed by atoms with Crippen LogP contribution in [0.1, 0.15) is 35.8 Å². The summed E-state index contributed by atoms with van der Waals surface area (Å²) in [7, 11) is 3.17. The third-order valence-corrected chi connectivity index (χ3v) is 9.56. The number of morpholine rings is 1. The van der Waals surface area contributed by atoms with Gasteiger partial charge in [-0.15, -0.1) is 0 Å². The van der Waals surface area contributed by atoms with Gasteiger partial charge in [-0.1, -0.05) is 37.6 Å². The summed E-state index contributed by atoms with van der Waals surface area (Å²) in [5.41, 5.74) is 3.27. The Morgan fingerprint density at radius 2 is 1.66 bits per heavy atom. The maximum Gasteiger partial charge on any atom is 0.324 e. The molecule has 6 aromatic rings. The molecule has 0 atom stereocenters. The van der Waals surface area contributed by atoms with Gasteiger partial charge < -0.3 is 34.9 Å². The Kier molecular flexibility index (Phi) is 12.9. The summed E-state index contributed by atoms with van der Waals surface area (Å²) < 4.78 is 24.2. The Morgan fingerprint density at radius 1 is 0.862 bits per heavy atom. The second-order valence-corrected chi connectivity index (χ2v) is 13.6. The van der Waals surface area contributed by atoms with Gasteiger partial charge in [0, 0.05) is 72.6 Å². The van der Waals surface area contributed by atoms with Crippen LogP contribution in [0.3, 0.4) is 0 Å². The number of amides is 3. The smallest absolute Gasteiger partial charge is 0.324 e. The van der Waals surface area contributed by atoms with Crippen LogP contribution in [0.2, 0.25) is 0 Å². The quantitative estimate of drug-likeness (QED) is 0.0772. The summed E-state index contributed by atoms with van der Waals surface area (Å²) in [4.78, 5) is 37.8. The second kappa shape index (κ2) is 19.0. The first-order valence-electron chi connectivity index (χ1n) is 19.3.